The van der Waals surface area contributed by atoms with Crippen LogP contribution in [-0.4, -0.2) is 18.6 Å². The van der Waals surface area contributed by atoms with Crippen molar-refractivity contribution in [1.29, 1.82) is 0 Å². The van der Waals surface area contributed by atoms with Gasteiger partial charge in [-0.15, -0.1) is 0 Å². The number of hydrogen-bond donors (Lipinski definition) is 0. The van der Waals surface area contributed by atoms with E-state index in [9.17, 15) is 0 Å². The maximum Gasteiger partial charge on any atom is 0.143 e. The molecule has 1 saturated heterocycles. The molecule has 0 N–H and O–H groups in total. The SMILES string of the molecule is BrCOc1ccc(N2CCC(c3ccccc3)CC2)cc1. The first kappa shape index (κ1) is 14.5. The van der Waals surface area contributed by atoms with Gasteiger partial charge in [0, 0.05) is 18.8 Å². The molecule has 0 saturated carbocycles. The van der Waals surface area contributed by atoms with Gasteiger partial charge in [0.15, 0.2) is 0 Å². The largest absolute Gasteiger partial charge is 0.482 e. The van der Waals surface area contributed by atoms with Crippen LogP contribution >= 0.6 is 15.9 Å². The first-order valence-electron chi connectivity index (χ1n) is 7.45. The van der Waals surface area contributed by atoms with Crippen LogP contribution < -0.4 is 9.64 Å². The van der Waals surface area contributed by atoms with Crippen LogP contribution in [0, 0.1) is 0 Å². The number of alkyl halides is 1. The topological polar surface area (TPSA) is 12.5 Å². The normalized spacial score (nSPS) is 16.0. The summed E-state index contributed by atoms with van der Waals surface area (Å²) in [5.74, 6) is 1.62. The number of nitrogens with zero attached hydrogens (tertiary/aromatic N) is 1. The second-order valence-electron chi connectivity index (χ2n) is 5.42. The molecule has 0 unspecified atom stereocenters. The fourth-order valence-electron chi connectivity index (χ4n) is 3.01. The minimum absolute atomic E-state index is 0.537. The predicted molar refractivity (Wildman–Crippen MR) is 91.5 cm³/mol. The van der Waals surface area contributed by atoms with Crippen LogP contribution in [0.3, 0.4) is 0 Å². The van der Waals surface area contributed by atoms with E-state index in [1.54, 1.807) is 0 Å². The van der Waals surface area contributed by atoms with Crippen LogP contribution in [0.2, 0.25) is 0 Å². The van der Waals surface area contributed by atoms with Crippen molar-refractivity contribution in [3.63, 3.8) is 0 Å². The number of ether oxygens (including phenoxy) is 1. The van der Waals surface area contributed by atoms with Crippen molar-refractivity contribution in [2.24, 2.45) is 0 Å². The molecule has 0 aromatic heterocycles. The van der Waals surface area contributed by atoms with Crippen molar-refractivity contribution in [2.45, 2.75) is 18.8 Å². The second kappa shape index (κ2) is 6.99. The molecule has 1 aliphatic rings. The molecule has 2 aromatic rings. The average Bonchev–Trinajstić information content (AvgIpc) is 2.57. The van der Waals surface area contributed by atoms with E-state index in [-0.39, 0.29) is 0 Å². The third kappa shape index (κ3) is 3.59. The molecule has 0 amide bonds. The molecule has 1 heterocycles. The molecule has 0 atom stereocenters. The van der Waals surface area contributed by atoms with E-state index in [1.165, 1.54) is 24.1 Å². The van der Waals surface area contributed by atoms with Gasteiger partial charge in [-0.05, 0) is 64.5 Å². The average molecular weight is 346 g/mol. The minimum atomic E-state index is 0.537. The zero-order valence-corrected chi connectivity index (χ0v) is 13.6. The fourth-order valence-corrected chi connectivity index (χ4v) is 3.28. The van der Waals surface area contributed by atoms with Gasteiger partial charge in [-0.25, -0.2) is 0 Å². The Labute approximate surface area is 134 Å². The van der Waals surface area contributed by atoms with E-state index >= 15 is 0 Å². The predicted octanol–water partition coefficient (Wildman–Crippen LogP) is 4.80. The van der Waals surface area contributed by atoms with E-state index in [0.29, 0.717) is 11.4 Å². The Bertz CT molecular complexity index is 547. The number of benzene rings is 2. The molecule has 1 fully saturated rings. The van der Waals surface area contributed by atoms with E-state index in [4.69, 9.17) is 4.74 Å². The third-order valence-corrected chi connectivity index (χ3v) is 4.42. The summed E-state index contributed by atoms with van der Waals surface area (Å²) in [6.07, 6.45) is 2.45. The first-order chi connectivity index (χ1) is 10.4. The number of piperidine rings is 1. The molecule has 0 spiro atoms. The van der Waals surface area contributed by atoms with Crippen LogP contribution in [0.4, 0.5) is 5.69 Å². The molecule has 2 nitrogen and oxygen atoms in total. The van der Waals surface area contributed by atoms with Crippen LogP contribution in [0.15, 0.2) is 54.6 Å². The summed E-state index contributed by atoms with van der Waals surface area (Å²) in [5.41, 5.74) is 3.32. The number of halogens is 1. The van der Waals surface area contributed by atoms with Gasteiger partial charge < -0.3 is 9.64 Å². The van der Waals surface area contributed by atoms with E-state index in [0.717, 1.165) is 18.8 Å². The molecule has 3 heteroatoms. The van der Waals surface area contributed by atoms with E-state index in [2.05, 4.69) is 63.3 Å². The van der Waals surface area contributed by atoms with Gasteiger partial charge in [-0.3, -0.25) is 0 Å². The smallest absolute Gasteiger partial charge is 0.143 e. The highest BCUT2D eigenvalue weighted by atomic mass is 79.9. The number of rotatable bonds is 4. The quantitative estimate of drug-likeness (QED) is 0.737. The lowest BCUT2D eigenvalue weighted by Gasteiger charge is -2.34. The highest BCUT2D eigenvalue weighted by Crippen LogP contribution is 2.30. The Balaban J connectivity index is 1.60. The van der Waals surface area contributed by atoms with Gasteiger partial charge in [0.25, 0.3) is 0 Å². The highest BCUT2D eigenvalue weighted by molar-refractivity contribution is 9.09. The van der Waals surface area contributed by atoms with Crippen LogP contribution in [0.1, 0.15) is 24.3 Å². The van der Waals surface area contributed by atoms with E-state index < -0.39 is 0 Å². The van der Waals surface area contributed by atoms with Crippen LogP contribution in [0.5, 0.6) is 5.75 Å². The molecular weight excluding hydrogens is 326 g/mol. The molecule has 0 radical (unpaired) electrons. The Morgan fingerprint density at radius 3 is 2.24 bits per heavy atom. The van der Waals surface area contributed by atoms with Crippen molar-refractivity contribution in [3.05, 3.63) is 60.2 Å². The molecule has 3 rings (SSSR count). The Morgan fingerprint density at radius 2 is 1.62 bits per heavy atom. The van der Waals surface area contributed by atoms with Gasteiger partial charge in [0.05, 0.1) is 0 Å². The van der Waals surface area contributed by atoms with Crippen LogP contribution in [-0.2, 0) is 0 Å². The first-order valence-corrected chi connectivity index (χ1v) is 8.57. The molecule has 21 heavy (non-hydrogen) atoms. The summed E-state index contributed by atoms with van der Waals surface area (Å²) >= 11 is 3.28. The maximum atomic E-state index is 5.42. The zero-order chi connectivity index (χ0) is 14.5. The van der Waals surface area contributed by atoms with Crippen molar-refractivity contribution in [2.75, 3.05) is 23.5 Å². The van der Waals surface area contributed by atoms with Gasteiger partial charge in [0.2, 0.25) is 0 Å². The lowest BCUT2D eigenvalue weighted by Crippen LogP contribution is -2.32. The van der Waals surface area contributed by atoms with Crippen molar-refractivity contribution in [3.8, 4) is 5.75 Å². The Morgan fingerprint density at radius 1 is 0.952 bits per heavy atom. The lowest BCUT2D eigenvalue weighted by molar-refractivity contribution is 0.398. The van der Waals surface area contributed by atoms with Crippen molar-refractivity contribution < 1.29 is 4.74 Å². The molecule has 0 bridgehead atoms. The monoisotopic (exact) mass is 345 g/mol. The summed E-state index contributed by atoms with van der Waals surface area (Å²) in [4.78, 5) is 2.47. The van der Waals surface area contributed by atoms with Gasteiger partial charge in [0.1, 0.15) is 11.3 Å². The van der Waals surface area contributed by atoms with E-state index in [1.807, 2.05) is 12.1 Å². The lowest BCUT2D eigenvalue weighted by atomic mass is 9.89. The van der Waals surface area contributed by atoms with Crippen molar-refractivity contribution >= 4 is 21.6 Å². The Kier molecular flexibility index (Phi) is 4.81. The van der Waals surface area contributed by atoms with Crippen LogP contribution in [0.25, 0.3) is 0 Å². The standard InChI is InChI=1S/C18H20BrNO/c19-14-21-18-8-6-17(7-9-18)20-12-10-16(11-13-20)15-4-2-1-3-5-15/h1-9,16H,10-14H2. The second-order valence-corrected chi connectivity index (χ2v) is 5.88. The zero-order valence-electron chi connectivity index (χ0n) is 12.0. The number of hydrogen-bond acceptors (Lipinski definition) is 2. The molecule has 2 aromatic carbocycles. The van der Waals surface area contributed by atoms with Crippen molar-refractivity contribution in [1.82, 2.24) is 0 Å². The summed E-state index contributed by atoms with van der Waals surface area (Å²) in [7, 11) is 0. The molecule has 1 aliphatic heterocycles. The molecule has 0 aliphatic carbocycles. The molecular formula is C18H20BrNO. The Hall–Kier alpha value is -1.48. The maximum absolute atomic E-state index is 5.42. The summed E-state index contributed by atoms with van der Waals surface area (Å²) in [5, 5.41) is 0. The van der Waals surface area contributed by atoms with Gasteiger partial charge >= 0.3 is 0 Å². The minimum Gasteiger partial charge on any atom is -0.482 e. The highest BCUT2D eigenvalue weighted by Gasteiger charge is 2.20. The van der Waals surface area contributed by atoms with Gasteiger partial charge in [-0.2, -0.15) is 0 Å². The fraction of sp³-hybridized carbons (Fsp3) is 0.333. The number of anilines is 1. The summed E-state index contributed by atoms with van der Waals surface area (Å²) < 4.78 is 5.42. The molecule has 110 valence electrons. The third-order valence-electron chi connectivity index (χ3n) is 4.19. The van der Waals surface area contributed by atoms with Gasteiger partial charge in [-0.1, -0.05) is 30.3 Å². The summed E-state index contributed by atoms with van der Waals surface area (Å²) in [6, 6.07) is 19.3. The summed E-state index contributed by atoms with van der Waals surface area (Å²) in [6.45, 7) is 2.25.